The Morgan fingerprint density at radius 2 is 2.28 bits per heavy atom. The number of likely N-dealkylation sites (tertiary alicyclic amines) is 1. The van der Waals surface area contributed by atoms with Gasteiger partial charge in [0.1, 0.15) is 12.1 Å². The molecular formula is C21H22N6OS. The quantitative estimate of drug-likeness (QED) is 0.630. The minimum absolute atomic E-state index is 0.0485. The maximum absolute atomic E-state index is 12.6. The zero-order valence-electron chi connectivity index (χ0n) is 15.9. The molecule has 3 aromatic rings. The van der Waals surface area contributed by atoms with E-state index in [1.54, 1.807) is 31.0 Å². The molecule has 0 saturated carbocycles. The summed E-state index contributed by atoms with van der Waals surface area (Å²) in [7, 11) is 0. The van der Waals surface area contributed by atoms with Crippen LogP contribution in [-0.4, -0.2) is 43.8 Å². The summed E-state index contributed by atoms with van der Waals surface area (Å²) in [6.45, 7) is 1.54. The van der Waals surface area contributed by atoms with Crippen LogP contribution in [0, 0.1) is 5.92 Å². The van der Waals surface area contributed by atoms with E-state index in [0.717, 1.165) is 54.6 Å². The average Bonchev–Trinajstić information content (AvgIpc) is 3.26. The first-order valence-corrected chi connectivity index (χ1v) is 10.5. The molecule has 8 heteroatoms. The van der Waals surface area contributed by atoms with Gasteiger partial charge < -0.3 is 10.2 Å². The predicted octanol–water partition coefficient (Wildman–Crippen LogP) is 3.57. The highest BCUT2D eigenvalue weighted by Gasteiger charge is 2.23. The van der Waals surface area contributed by atoms with E-state index in [4.69, 9.17) is 0 Å². The Bertz CT molecular complexity index is 960. The molecule has 4 heterocycles. The third kappa shape index (κ3) is 5.45. The van der Waals surface area contributed by atoms with E-state index in [0.29, 0.717) is 5.92 Å². The van der Waals surface area contributed by atoms with Gasteiger partial charge in [-0.05, 0) is 42.9 Å². The van der Waals surface area contributed by atoms with Crippen molar-refractivity contribution in [2.75, 3.05) is 18.4 Å². The van der Waals surface area contributed by atoms with Crippen molar-refractivity contribution in [3.8, 4) is 0 Å². The lowest BCUT2D eigenvalue weighted by molar-refractivity contribution is -0.127. The van der Waals surface area contributed by atoms with Gasteiger partial charge in [0.25, 0.3) is 0 Å². The molecule has 0 aliphatic carbocycles. The van der Waals surface area contributed by atoms with Crippen LogP contribution < -0.4 is 5.32 Å². The topological polar surface area (TPSA) is 83.9 Å². The molecule has 1 saturated heterocycles. The van der Waals surface area contributed by atoms with Crippen molar-refractivity contribution in [1.82, 2.24) is 24.8 Å². The SMILES string of the molecule is O=C(/C=C/c1cccnc1)N1CCC[C@@H](Cc2cc(Nc3nccs3)ncn2)C1. The number of anilines is 2. The Labute approximate surface area is 173 Å². The maximum atomic E-state index is 12.6. The van der Waals surface area contributed by atoms with Crippen LogP contribution >= 0.6 is 11.3 Å². The molecule has 0 unspecified atom stereocenters. The zero-order valence-corrected chi connectivity index (χ0v) is 16.8. The first-order valence-electron chi connectivity index (χ1n) is 9.61. The van der Waals surface area contributed by atoms with Gasteiger partial charge in [0, 0.05) is 54.9 Å². The molecule has 148 valence electrons. The summed E-state index contributed by atoms with van der Waals surface area (Å²) in [4.78, 5) is 31.5. The highest BCUT2D eigenvalue weighted by molar-refractivity contribution is 7.13. The monoisotopic (exact) mass is 406 g/mol. The van der Waals surface area contributed by atoms with Gasteiger partial charge in [0.05, 0.1) is 0 Å². The van der Waals surface area contributed by atoms with Crippen molar-refractivity contribution in [2.45, 2.75) is 19.3 Å². The van der Waals surface area contributed by atoms with Gasteiger partial charge in [-0.25, -0.2) is 15.0 Å². The number of nitrogens with zero attached hydrogens (tertiary/aromatic N) is 5. The number of amides is 1. The van der Waals surface area contributed by atoms with Gasteiger partial charge in [0.2, 0.25) is 5.91 Å². The van der Waals surface area contributed by atoms with Gasteiger partial charge in [-0.1, -0.05) is 6.07 Å². The van der Waals surface area contributed by atoms with Crippen LogP contribution in [0.1, 0.15) is 24.1 Å². The Morgan fingerprint density at radius 3 is 3.10 bits per heavy atom. The first kappa shape index (κ1) is 19.2. The van der Waals surface area contributed by atoms with E-state index in [1.165, 1.54) is 11.3 Å². The molecule has 1 N–H and O–H groups in total. The molecule has 1 aliphatic rings. The van der Waals surface area contributed by atoms with Crippen LogP contribution in [-0.2, 0) is 11.2 Å². The van der Waals surface area contributed by atoms with E-state index in [1.807, 2.05) is 34.6 Å². The Balaban J connectivity index is 1.35. The summed E-state index contributed by atoms with van der Waals surface area (Å²) >= 11 is 1.53. The van der Waals surface area contributed by atoms with Crippen molar-refractivity contribution in [3.05, 3.63) is 65.8 Å². The van der Waals surface area contributed by atoms with Gasteiger partial charge in [-0.2, -0.15) is 0 Å². The molecule has 4 rings (SSSR count). The number of thiazole rings is 1. The number of aromatic nitrogens is 4. The summed E-state index contributed by atoms with van der Waals surface area (Å²) in [5.74, 6) is 1.18. The van der Waals surface area contributed by atoms with Crippen LogP contribution in [0.25, 0.3) is 6.08 Å². The van der Waals surface area contributed by atoms with Gasteiger partial charge in [-0.15, -0.1) is 11.3 Å². The Morgan fingerprint density at radius 1 is 1.31 bits per heavy atom. The van der Waals surface area contributed by atoms with Gasteiger partial charge in [-0.3, -0.25) is 9.78 Å². The van der Waals surface area contributed by atoms with E-state index in [2.05, 4.69) is 25.3 Å². The molecule has 0 aromatic carbocycles. The fourth-order valence-corrected chi connectivity index (χ4v) is 3.98. The summed E-state index contributed by atoms with van der Waals surface area (Å²) in [6, 6.07) is 5.76. The number of hydrogen-bond acceptors (Lipinski definition) is 7. The second-order valence-electron chi connectivity index (χ2n) is 6.97. The molecule has 0 spiro atoms. The second-order valence-corrected chi connectivity index (χ2v) is 7.87. The highest BCUT2D eigenvalue weighted by Crippen LogP contribution is 2.22. The zero-order chi connectivity index (χ0) is 19.9. The van der Waals surface area contributed by atoms with Crippen molar-refractivity contribution in [3.63, 3.8) is 0 Å². The third-order valence-electron chi connectivity index (χ3n) is 4.82. The number of piperidine rings is 1. The number of pyridine rings is 1. The number of carbonyl (C=O) groups is 1. The van der Waals surface area contributed by atoms with Crippen molar-refractivity contribution in [1.29, 1.82) is 0 Å². The maximum Gasteiger partial charge on any atom is 0.246 e. The Kier molecular flexibility index (Phi) is 6.21. The number of rotatable bonds is 6. The minimum Gasteiger partial charge on any atom is -0.339 e. The van der Waals surface area contributed by atoms with Crippen molar-refractivity contribution >= 4 is 34.3 Å². The van der Waals surface area contributed by atoms with Gasteiger partial charge >= 0.3 is 0 Å². The van der Waals surface area contributed by atoms with Crippen LogP contribution in [0.5, 0.6) is 0 Å². The summed E-state index contributed by atoms with van der Waals surface area (Å²) in [5.41, 5.74) is 1.90. The summed E-state index contributed by atoms with van der Waals surface area (Å²) in [6.07, 6.45) is 13.2. The van der Waals surface area contributed by atoms with E-state index in [-0.39, 0.29) is 5.91 Å². The third-order valence-corrected chi connectivity index (χ3v) is 5.51. The number of nitrogens with one attached hydrogen (secondary N) is 1. The molecule has 1 aliphatic heterocycles. The summed E-state index contributed by atoms with van der Waals surface area (Å²) < 4.78 is 0. The highest BCUT2D eigenvalue weighted by atomic mass is 32.1. The molecule has 29 heavy (non-hydrogen) atoms. The van der Waals surface area contributed by atoms with E-state index < -0.39 is 0 Å². The number of hydrogen-bond donors (Lipinski definition) is 1. The van der Waals surface area contributed by atoms with Crippen LogP contribution in [0.4, 0.5) is 10.9 Å². The Hall–Kier alpha value is -3.13. The van der Waals surface area contributed by atoms with Crippen molar-refractivity contribution < 1.29 is 4.79 Å². The fraction of sp³-hybridized carbons (Fsp3) is 0.286. The van der Waals surface area contributed by atoms with Crippen LogP contribution in [0.15, 0.2) is 54.6 Å². The normalized spacial score (nSPS) is 16.8. The van der Waals surface area contributed by atoms with Gasteiger partial charge in [0.15, 0.2) is 5.13 Å². The molecule has 1 fully saturated rings. The van der Waals surface area contributed by atoms with Crippen LogP contribution in [0.2, 0.25) is 0 Å². The minimum atomic E-state index is 0.0485. The van der Waals surface area contributed by atoms with Crippen molar-refractivity contribution in [2.24, 2.45) is 5.92 Å². The first-order chi connectivity index (χ1) is 14.3. The van der Waals surface area contributed by atoms with Crippen LogP contribution in [0.3, 0.4) is 0 Å². The smallest absolute Gasteiger partial charge is 0.246 e. The fourth-order valence-electron chi connectivity index (χ4n) is 3.45. The van der Waals surface area contributed by atoms with E-state index >= 15 is 0 Å². The average molecular weight is 407 g/mol. The predicted molar refractivity (Wildman–Crippen MR) is 114 cm³/mol. The lowest BCUT2D eigenvalue weighted by atomic mass is 9.93. The lowest BCUT2D eigenvalue weighted by Crippen LogP contribution is -2.39. The molecule has 1 atom stereocenters. The molecule has 7 nitrogen and oxygen atoms in total. The molecule has 0 bridgehead atoms. The molecule has 0 radical (unpaired) electrons. The molecule has 1 amide bonds. The van der Waals surface area contributed by atoms with E-state index in [9.17, 15) is 4.79 Å². The molecular weight excluding hydrogens is 384 g/mol. The lowest BCUT2D eigenvalue weighted by Gasteiger charge is -2.32. The molecule has 3 aromatic heterocycles. The second kappa shape index (κ2) is 9.38. The summed E-state index contributed by atoms with van der Waals surface area (Å²) in [5, 5.41) is 5.93. The number of carbonyl (C=O) groups excluding carboxylic acids is 1. The largest absolute Gasteiger partial charge is 0.339 e. The standard InChI is InChI=1S/C21H22N6OS/c28-20(6-5-16-3-1-7-22-13-16)27-9-2-4-17(14-27)11-18-12-19(25-15-24-18)26-21-23-8-10-29-21/h1,3,5-8,10,12-13,15,17H,2,4,9,11,14H2,(H,23,24,25,26)/b6-5+/t17-/m0/s1.